The van der Waals surface area contributed by atoms with E-state index in [1.165, 1.54) is 5.57 Å². The van der Waals surface area contributed by atoms with Crippen LogP contribution in [-0.2, 0) is 9.59 Å². The van der Waals surface area contributed by atoms with Crippen LogP contribution in [0.15, 0.2) is 36.0 Å². The fraction of sp³-hybridized carbons (Fsp3) is 0.652. The number of fused-ring (bicyclic) bond motifs is 5. The zero-order chi connectivity index (χ0) is 18.7. The summed E-state index contributed by atoms with van der Waals surface area (Å²) in [6.45, 7) is 8.39. The van der Waals surface area contributed by atoms with Gasteiger partial charge in [0, 0.05) is 18.3 Å². The molecule has 0 aromatic heterocycles. The van der Waals surface area contributed by atoms with Crippen LogP contribution in [0.3, 0.4) is 0 Å². The highest BCUT2D eigenvalue weighted by atomic mass is 16.3. The monoisotopic (exact) mass is 354 g/mol. The Hall–Kier alpha value is -1.48. The van der Waals surface area contributed by atoms with E-state index in [1.807, 2.05) is 6.08 Å². The van der Waals surface area contributed by atoms with Crippen molar-refractivity contribution in [2.75, 3.05) is 0 Å². The normalized spacial score (nSPS) is 46.8. The van der Waals surface area contributed by atoms with Gasteiger partial charge in [0.25, 0.3) is 0 Å². The first-order chi connectivity index (χ1) is 12.2. The van der Waals surface area contributed by atoms with Crippen LogP contribution < -0.4 is 0 Å². The third kappa shape index (κ3) is 2.29. The number of carbonyl (C=O) groups excluding carboxylic acids is 2. The molecule has 0 heterocycles. The standard InChI is InChI=1S/C23H30O3/c1-15(14-24)13-23(26)11-8-20-18-5-4-16-12-17(25)6-9-21(16,2)19(18)7-10-22(20,23)3/h4-5,12,14,18-20,26H,1,6-11,13H2,2-3H3/t18-,19+,20+,21+,22+,23+/m1/s1. The summed E-state index contributed by atoms with van der Waals surface area (Å²) >= 11 is 0. The average Bonchev–Trinajstić information content (AvgIpc) is 2.86. The molecular weight excluding hydrogens is 324 g/mol. The third-order valence-corrected chi connectivity index (χ3v) is 8.52. The van der Waals surface area contributed by atoms with E-state index in [4.69, 9.17) is 0 Å². The van der Waals surface area contributed by atoms with Crippen molar-refractivity contribution in [3.05, 3.63) is 36.0 Å². The van der Waals surface area contributed by atoms with E-state index in [2.05, 4.69) is 32.6 Å². The van der Waals surface area contributed by atoms with Gasteiger partial charge in [0.05, 0.1) is 5.60 Å². The summed E-state index contributed by atoms with van der Waals surface area (Å²) < 4.78 is 0. The van der Waals surface area contributed by atoms with E-state index in [0.29, 0.717) is 36.2 Å². The summed E-state index contributed by atoms with van der Waals surface area (Å²) in [6.07, 6.45) is 12.9. The SMILES string of the molecule is C=C(C=O)C[C@@]1(O)CC[C@H]2[C@@H]3C=CC4=CC(=O)CC[C@]4(C)[C@H]3CC[C@@]21C. The predicted molar refractivity (Wildman–Crippen MR) is 101 cm³/mol. The largest absolute Gasteiger partial charge is 0.389 e. The van der Waals surface area contributed by atoms with Crippen LogP contribution in [0.1, 0.15) is 58.8 Å². The molecule has 3 nitrogen and oxygen atoms in total. The third-order valence-electron chi connectivity index (χ3n) is 8.52. The molecular formula is C23H30O3. The van der Waals surface area contributed by atoms with Gasteiger partial charge in [0.2, 0.25) is 0 Å². The summed E-state index contributed by atoms with van der Waals surface area (Å²) in [6, 6.07) is 0. The number of aldehydes is 1. The zero-order valence-electron chi connectivity index (χ0n) is 16.0. The Morgan fingerprint density at radius 2 is 2.00 bits per heavy atom. The molecule has 26 heavy (non-hydrogen) atoms. The Morgan fingerprint density at radius 1 is 1.27 bits per heavy atom. The van der Waals surface area contributed by atoms with Gasteiger partial charge in [-0.1, -0.05) is 32.6 Å². The molecule has 0 bridgehead atoms. The number of aliphatic hydroxyl groups is 1. The van der Waals surface area contributed by atoms with Crippen LogP contribution in [-0.4, -0.2) is 22.8 Å². The molecule has 0 aromatic rings. The Balaban J connectivity index is 1.69. The topological polar surface area (TPSA) is 54.4 Å². The number of hydrogen-bond acceptors (Lipinski definition) is 3. The molecule has 2 saturated carbocycles. The summed E-state index contributed by atoms with van der Waals surface area (Å²) in [5.41, 5.74) is 0.794. The maximum Gasteiger partial charge on any atom is 0.156 e. The quantitative estimate of drug-likeness (QED) is 0.611. The summed E-state index contributed by atoms with van der Waals surface area (Å²) in [5.74, 6) is 1.67. The molecule has 1 N–H and O–H groups in total. The summed E-state index contributed by atoms with van der Waals surface area (Å²) in [5, 5.41) is 11.5. The van der Waals surface area contributed by atoms with Crippen molar-refractivity contribution in [1.29, 1.82) is 0 Å². The van der Waals surface area contributed by atoms with Crippen molar-refractivity contribution in [3.8, 4) is 0 Å². The molecule has 0 unspecified atom stereocenters. The van der Waals surface area contributed by atoms with Crippen LogP contribution in [0, 0.1) is 28.6 Å². The lowest BCUT2D eigenvalue weighted by atomic mass is 9.48. The van der Waals surface area contributed by atoms with Gasteiger partial charge in [-0.05, 0) is 72.5 Å². The number of carbonyl (C=O) groups is 2. The molecule has 6 atom stereocenters. The van der Waals surface area contributed by atoms with Gasteiger partial charge in [-0.25, -0.2) is 0 Å². The van der Waals surface area contributed by atoms with Gasteiger partial charge in [-0.3, -0.25) is 9.59 Å². The van der Waals surface area contributed by atoms with E-state index in [9.17, 15) is 14.7 Å². The van der Waals surface area contributed by atoms with Crippen LogP contribution in [0.25, 0.3) is 0 Å². The summed E-state index contributed by atoms with van der Waals surface area (Å²) in [4.78, 5) is 23.0. The van der Waals surface area contributed by atoms with Gasteiger partial charge >= 0.3 is 0 Å². The van der Waals surface area contributed by atoms with Crippen molar-refractivity contribution >= 4 is 12.1 Å². The van der Waals surface area contributed by atoms with Crippen molar-refractivity contribution in [3.63, 3.8) is 0 Å². The van der Waals surface area contributed by atoms with Gasteiger partial charge in [0.15, 0.2) is 5.78 Å². The Bertz CT molecular complexity index is 732. The van der Waals surface area contributed by atoms with E-state index in [0.717, 1.165) is 38.4 Å². The first kappa shape index (κ1) is 17.9. The summed E-state index contributed by atoms with van der Waals surface area (Å²) in [7, 11) is 0. The Kier molecular flexibility index (Phi) is 3.97. The van der Waals surface area contributed by atoms with E-state index in [1.54, 1.807) is 0 Å². The van der Waals surface area contributed by atoms with Crippen LogP contribution in [0.2, 0.25) is 0 Å². The average molecular weight is 354 g/mol. The van der Waals surface area contributed by atoms with Crippen molar-refractivity contribution < 1.29 is 14.7 Å². The zero-order valence-corrected chi connectivity index (χ0v) is 16.0. The smallest absolute Gasteiger partial charge is 0.156 e. The lowest BCUT2D eigenvalue weighted by molar-refractivity contribution is -0.121. The minimum atomic E-state index is -0.825. The Morgan fingerprint density at radius 3 is 2.73 bits per heavy atom. The minimum absolute atomic E-state index is 0.0851. The maximum absolute atomic E-state index is 11.9. The predicted octanol–water partition coefficient (Wildman–Crippen LogP) is 4.17. The number of hydrogen-bond donors (Lipinski definition) is 1. The van der Waals surface area contributed by atoms with Crippen LogP contribution in [0.4, 0.5) is 0 Å². The molecule has 2 fully saturated rings. The van der Waals surface area contributed by atoms with E-state index in [-0.39, 0.29) is 16.6 Å². The second-order valence-electron chi connectivity index (χ2n) is 9.61. The molecule has 0 spiro atoms. The molecule has 4 aliphatic rings. The van der Waals surface area contributed by atoms with E-state index >= 15 is 0 Å². The lowest BCUT2D eigenvalue weighted by Gasteiger charge is -2.57. The molecule has 4 aliphatic carbocycles. The van der Waals surface area contributed by atoms with Crippen LogP contribution in [0.5, 0.6) is 0 Å². The number of allylic oxidation sites excluding steroid dienone is 4. The van der Waals surface area contributed by atoms with Gasteiger partial charge < -0.3 is 5.11 Å². The second kappa shape index (κ2) is 5.76. The van der Waals surface area contributed by atoms with E-state index < -0.39 is 5.60 Å². The molecule has 140 valence electrons. The van der Waals surface area contributed by atoms with Crippen molar-refractivity contribution in [2.24, 2.45) is 28.6 Å². The maximum atomic E-state index is 11.9. The molecule has 0 radical (unpaired) electrons. The Labute approximate surface area is 156 Å². The number of ketones is 1. The fourth-order valence-corrected chi connectivity index (χ4v) is 6.82. The molecule has 4 rings (SSSR count). The van der Waals surface area contributed by atoms with Gasteiger partial charge in [-0.15, -0.1) is 0 Å². The van der Waals surface area contributed by atoms with Crippen molar-refractivity contribution in [2.45, 2.75) is 64.4 Å². The fourth-order valence-electron chi connectivity index (χ4n) is 6.82. The van der Waals surface area contributed by atoms with Gasteiger partial charge in [0.1, 0.15) is 6.29 Å². The highest BCUT2D eigenvalue weighted by Gasteiger charge is 2.63. The molecule has 0 aliphatic heterocycles. The minimum Gasteiger partial charge on any atom is -0.389 e. The highest BCUT2D eigenvalue weighted by Crippen LogP contribution is 2.66. The van der Waals surface area contributed by atoms with Crippen molar-refractivity contribution in [1.82, 2.24) is 0 Å². The van der Waals surface area contributed by atoms with Crippen LogP contribution >= 0.6 is 0 Å². The molecule has 0 aromatic carbocycles. The first-order valence-electron chi connectivity index (χ1n) is 10.0. The van der Waals surface area contributed by atoms with Gasteiger partial charge in [-0.2, -0.15) is 0 Å². The molecule has 3 heteroatoms. The first-order valence-corrected chi connectivity index (χ1v) is 10.0. The lowest BCUT2D eigenvalue weighted by Crippen LogP contribution is -2.54. The molecule has 0 amide bonds. The number of rotatable bonds is 3. The second-order valence-corrected chi connectivity index (χ2v) is 9.61. The molecule has 0 saturated heterocycles. The highest BCUT2D eigenvalue weighted by molar-refractivity contribution is 5.92.